The highest BCUT2D eigenvalue weighted by Crippen LogP contribution is 2.33. The van der Waals surface area contributed by atoms with E-state index < -0.39 is 0 Å². The third-order valence-corrected chi connectivity index (χ3v) is 4.73. The van der Waals surface area contributed by atoms with Gasteiger partial charge in [-0.15, -0.1) is 9.24 Å². The lowest BCUT2D eigenvalue weighted by Crippen LogP contribution is -2.11. The van der Waals surface area contributed by atoms with Crippen molar-refractivity contribution in [3.8, 4) is 11.5 Å². The fourth-order valence-electron chi connectivity index (χ4n) is 2.92. The maximum Gasteiger partial charge on any atom is 0.118 e. The van der Waals surface area contributed by atoms with Crippen LogP contribution in [0.2, 0.25) is 0 Å². The largest absolute Gasteiger partial charge is 0.497 e. The molecule has 0 amide bonds. The van der Waals surface area contributed by atoms with Crippen molar-refractivity contribution in [2.75, 3.05) is 14.2 Å². The molecule has 0 aliphatic carbocycles. The van der Waals surface area contributed by atoms with Crippen molar-refractivity contribution >= 4 is 14.5 Å². The summed E-state index contributed by atoms with van der Waals surface area (Å²) in [7, 11) is 6.22. The Bertz CT molecular complexity index is 747. The smallest absolute Gasteiger partial charge is 0.118 e. The second-order valence-electron chi connectivity index (χ2n) is 5.61. The molecule has 122 valence electrons. The van der Waals surface area contributed by atoms with Gasteiger partial charge in [0.2, 0.25) is 0 Å². The Morgan fingerprint density at radius 2 is 1.12 bits per heavy atom. The maximum atomic E-state index is 5.29. The molecular formula is C21H21O2P. The highest BCUT2D eigenvalue weighted by Gasteiger charge is 2.18. The molecule has 3 rings (SSSR count). The summed E-state index contributed by atoms with van der Waals surface area (Å²) in [5.41, 5.74) is 3.74. The Labute approximate surface area is 145 Å². The third-order valence-electron chi connectivity index (χ3n) is 4.21. The molecule has 1 atom stereocenters. The lowest BCUT2D eigenvalue weighted by atomic mass is 9.85. The van der Waals surface area contributed by atoms with Gasteiger partial charge in [-0.3, -0.25) is 0 Å². The molecule has 2 nitrogen and oxygen atoms in total. The van der Waals surface area contributed by atoms with Gasteiger partial charge in [0.15, 0.2) is 0 Å². The Balaban J connectivity index is 2.10. The van der Waals surface area contributed by atoms with E-state index in [0.717, 1.165) is 11.5 Å². The Morgan fingerprint density at radius 3 is 1.54 bits per heavy atom. The summed E-state index contributed by atoms with van der Waals surface area (Å²) < 4.78 is 10.6. The van der Waals surface area contributed by atoms with Crippen LogP contribution in [-0.2, 0) is 0 Å². The third kappa shape index (κ3) is 3.44. The minimum atomic E-state index is 0.163. The second-order valence-corrected chi connectivity index (χ2v) is 6.23. The monoisotopic (exact) mass is 336 g/mol. The summed E-state index contributed by atoms with van der Waals surface area (Å²) in [6.07, 6.45) is 0. The summed E-state index contributed by atoms with van der Waals surface area (Å²) in [5, 5.41) is 1.20. The zero-order valence-corrected chi connectivity index (χ0v) is 15.1. The zero-order valence-electron chi connectivity index (χ0n) is 13.9. The van der Waals surface area contributed by atoms with E-state index in [1.165, 1.54) is 22.0 Å². The van der Waals surface area contributed by atoms with Crippen LogP contribution in [0.15, 0.2) is 72.8 Å². The van der Waals surface area contributed by atoms with Crippen molar-refractivity contribution in [1.82, 2.24) is 0 Å². The summed E-state index contributed by atoms with van der Waals surface area (Å²) in [6.45, 7) is 0. The minimum Gasteiger partial charge on any atom is -0.497 e. The molecule has 0 aliphatic heterocycles. The summed E-state index contributed by atoms with van der Waals surface area (Å²) in [4.78, 5) is 0. The van der Waals surface area contributed by atoms with E-state index in [1.54, 1.807) is 14.2 Å². The number of methoxy groups -OCH3 is 2. The van der Waals surface area contributed by atoms with E-state index in [2.05, 4.69) is 57.8 Å². The van der Waals surface area contributed by atoms with E-state index >= 15 is 0 Å². The zero-order chi connectivity index (χ0) is 16.9. The van der Waals surface area contributed by atoms with Gasteiger partial charge in [0.05, 0.1) is 14.2 Å². The number of benzene rings is 3. The van der Waals surface area contributed by atoms with Crippen LogP contribution in [-0.4, -0.2) is 14.2 Å². The lowest BCUT2D eigenvalue weighted by Gasteiger charge is -2.21. The molecule has 0 aliphatic rings. The highest BCUT2D eigenvalue weighted by atomic mass is 31.0. The molecule has 1 unspecified atom stereocenters. The lowest BCUT2D eigenvalue weighted by molar-refractivity contribution is 0.414. The maximum absolute atomic E-state index is 5.29. The molecule has 0 saturated carbocycles. The first-order chi connectivity index (χ1) is 11.7. The topological polar surface area (TPSA) is 18.5 Å². The van der Waals surface area contributed by atoms with Crippen molar-refractivity contribution in [3.63, 3.8) is 0 Å². The van der Waals surface area contributed by atoms with Crippen LogP contribution >= 0.6 is 9.24 Å². The predicted octanol–water partition coefficient (Wildman–Crippen LogP) is 4.38. The van der Waals surface area contributed by atoms with Gasteiger partial charge >= 0.3 is 0 Å². The van der Waals surface area contributed by atoms with Gasteiger partial charge < -0.3 is 9.47 Å². The van der Waals surface area contributed by atoms with Crippen molar-refractivity contribution in [1.29, 1.82) is 0 Å². The van der Waals surface area contributed by atoms with E-state index in [4.69, 9.17) is 9.47 Å². The summed E-state index contributed by atoms with van der Waals surface area (Å²) in [6, 6.07) is 25.0. The standard InChI is InChI=1S/C21H21O2P/c1-22-17-11-7-15(8-12-17)21(19-5-3-4-6-20(19)24)16-9-13-18(23-2)14-10-16/h3-14,21H,24H2,1-2H3. The molecule has 0 heterocycles. The normalized spacial score (nSPS) is 10.7. The average Bonchev–Trinajstić information content (AvgIpc) is 2.64. The van der Waals surface area contributed by atoms with E-state index in [1.807, 2.05) is 24.3 Å². The van der Waals surface area contributed by atoms with Crippen molar-refractivity contribution in [2.24, 2.45) is 0 Å². The molecule has 0 radical (unpaired) electrons. The SMILES string of the molecule is COc1ccc(C(c2ccc(OC)cc2)c2ccccc2P)cc1. The van der Waals surface area contributed by atoms with Crippen LogP contribution in [0, 0.1) is 0 Å². The van der Waals surface area contributed by atoms with Gasteiger partial charge in [-0.05, 0) is 46.3 Å². The first-order valence-electron chi connectivity index (χ1n) is 7.85. The Hall–Kier alpha value is -2.31. The molecule has 3 aromatic rings. The van der Waals surface area contributed by atoms with Crippen LogP contribution in [0.3, 0.4) is 0 Å². The molecule has 0 N–H and O–H groups in total. The molecule has 0 fully saturated rings. The fraction of sp³-hybridized carbons (Fsp3) is 0.143. The molecule has 0 aromatic heterocycles. The molecule has 0 saturated heterocycles. The van der Waals surface area contributed by atoms with Gasteiger partial charge in [-0.2, -0.15) is 0 Å². The first-order valence-corrected chi connectivity index (χ1v) is 8.43. The van der Waals surface area contributed by atoms with Crippen LogP contribution < -0.4 is 14.8 Å². The summed E-state index contributed by atoms with van der Waals surface area (Å²) in [5.74, 6) is 1.90. The number of hydrogen-bond donors (Lipinski definition) is 0. The predicted molar refractivity (Wildman–Crippen MR) is 103 cm³/mol. The molecule has 0 spiro atoms. The van der Waals surface area contributed by atoms with Crippen LogP contribution in [0.1, 0.15) is 22.6 Å². The minimum absolute atomic E-state index is 0.163. The number of ether oxygens (including phenoxy) is 2. The van der Waals surface area contributed by atoms with E-state index in [9.17, 15) is 0 Å². The first kappa shape index (κ1) is 16.5. The molecule has 3 aromatic carbocycles. The highest BCUT2D eigenvalue weighted by molar-refractivity contribution is 7.27. The number of rotatable bonds is 5. The molecular weight excluding hydrogens is 315 g/mol. The number of hydrogen-bond acceptors (Lipinski definition) is 2. The van der Waals surface area contributed by atoms with Crippen molar-refractivity contribution in [3.05, 3.63) is 89.5 Å². The van der Waals surface area contributed by atoms with E-state index in [-0.39, 0.29) is 5.92 Å². The van der Waals surface area contributed by atoms with Gasteiger partial charge in [0, 0.05) is 5.92 Å². The van der Waals surface area contributed by atoms with Crippen LogP contribution in [0.5, 0.6) is 11.5 Å². The summed E-state index contributed by atoms with van der Waals surface area (Å²) >= 11 is 0. The van der Waals surface area contributed by atoms with Crippen molar-refractivity contribution in [2.45, 2.75) is 5.92 Å². The van der Waals surface area contributed by atoms with Crippen LogP contribution in [0.4, 0.5) is 0 Å². The van der Waals surface area contributed by atoms with Gasteiger partial charge in [-0.25, -0.2) is 0 Å². The van der Waals surface area contributed by atoms with Crippen molar-refractivity contribution < 1.29 is 9.47 Å². The Morgan fingerprint density at radius 1 is 0.667 bits per heavy atom. The quantitative estimate of drug-likeness (QED) is 0.508. The Kier molecular flexibility index (Phi) is 5.17. The van der Waals surface area contributed by atoms with Crippen LogP contribution in [0.25, 0.3) is 0 Å². The molecule has 24 heavy (non-hydrogen) atoms. The van der Waals surface area contributed by atoms with Gasteiger partial charge in [-0.1, -0.05) is 48.5 Å². The second kappa shape index (κ2) is 7.51. The van der Waals surface area contributed by atoms with Gasteiger partial charge in [0.25, 0.3) is 0 Å². The van der Waals surface area contributed by atoms with E-state index in [0.29, 0.717) is 0 Å². The van der Waals surface area contributed by atoms with Gasteiger partial charge in [0.1, 0.15) is 11.5 Å². The fourth-order valence-corrected chi connectivity index (χ4v) is 3.29. The molecule has 3 heteroatoms. The molecule has 0 bridgehead atoms. The average molecular weight is 336 g/mol.